The molecule has 0 saturated heterocycles. The second-order valence-corrected chi connectivity index (χ2v) is 6.91. The Morgan fingerprint density at radius 3 is 2.83 bits per heavy atom. The van der Waals surface area contributed by atoms with Crippen molar-refractivity contribution < 1.29 is 9.32 Å². The molecule has 24 heavy (non-hydrogen) atoms. The minimum absolute atomic E-state index is 0.00139. The first kappa shape index (κ1) is 15.4. The molecule has 126 valence electrons. The molecule has 1 heterocycles. The number of hydrogen-bond acceptors (Lipinski definition) is 4. The molecule has 2 aromatic rings. The van der Waals surface area contributed by atoms with E-state index in [-0.39, 0.29) is 5.91 Å². The van der Waals surface area contributed by atoms with E-state index >= 15 is 0 Å². The minimum Gasteiger partial charge on any atom is -0.339 e. The SMILES string of the molecule is CCc1nc(C2(NC(=O)c3cccc4c3CCC4)CCCC2)no1. The smallest absolute Gasteiger partial charge is 0.252 e. The summed E-state index contributed by atoms with van der Waals surface area (Å²) in [5, 5.41) is 7.43. The molecule has 1 aromatic heterocycles. The first-order valence-corrected chi connectivity index (χ1v) is 8.98. The van der Waals surface area contributed by atoms with E-state index in [1.807, 2.05) is 19.1 Å². The van der Waals surface area contributed by atoms with Gasteiger partial charge in [-0.05, 0) is 49.3 Å². The van der Waals surface area contributed by atoms with E-state index in [4.69, 9.17) is 4.52 Å². The van der Waals surface area contributed by atoms with Crippen molar-refractivity contribution in [2.75, 3.05) is 0 Å². The van der Waals surface area contributed by atoms with Crippen LogP contribution in [0.3, 0.4) is 0 Å². The van der Waals surface area contributed by atoms with Gasteiger partial charge in [-0.3, -0.25) is 4.79 Å². The quantitative estimate of drug-likeness (QED) is 0.936. The molecule has 0 bridgehead atoms. The molecule has 0 aliphatic heterocycles. The lowest BCUT2D eigenvalue weighted by molar-refractivity contribution is 0.0891. The molecule has 5 nitrogen and oxygen atoms in total. The second-order valence-electron chi connectivity index (χ2n) is 6.91. The number of amides is 1. The van der Waals surface area contributed by atoms with Crippen LogP contribution < -0.4 is 5.32 Å². The fraction of sp³-hybridized carbons (Fsp3) is 0.526. The lowest BCUT2D eigenvalue weighted by atomic mass is 9.94. The van der Waals surface area contributed by atoms with E-state index in [0.717, 1.165) is 50.5 Å². The Morgan fingerprint density at radius 2 is 2.08 bits per heavy atom. The maximum atomic E-state index is 13.0. The molecular weight excluding hydrogens is 302 g/mol. The Balaban J connectivity index is 1.64. The van der Waals surface area contributed by atoms with Crippen molar-refractivity contribution >= 4 is 5.91 Å². The van der Waals surface area contributed by atoms with Gasteiger partial charge in [0.2, 0.25) is 5.89 Å². The summed E-state index contributed by atoms with van der Waals surface area (Å²) >= 11 is 0. The van der Waals surface area contributed by atoms with Gasteiger partial charge in [0.15, 0.2) is 5.82 Å². The topological polar surface area (TPSA) is 68.0 Å². The second kappa shape index (κ2) is 6.04. The molecule has 1 fully saturated rings. The average molecular weight is 325 g/mol. The minimum atomic E-state index is -0.477. The molecule has 1 N–H and O–H groups in total. The van der Waals surface area contributed by atoms with Gasteiger partial charge in [-0.25, -0.2) is 0 Å². The highest BCUT2D eigenvalue weighted by Gasteiger charge is 2.41. The molecule has 1 amide bonds. The van der Waals surface area contributed by atoms with Crippen LogP contribution in [-0.4, -0.2) is 16.0 Å². The molecule has 0 atom stereocenters. The van der Waals surface area contributed by atoms with Crippen molar-refractivity contribution in [3.05, 3.63) is 46.6 Å². The van der Waals surface area contributed by atoms with Crippen LogP contribution in [0.4, 0.5) is 0 Å². The van der Waals surface area contributed by atoms with E-state index in [2.05, 4.69) is 21.5 Å². The highest BCUT2D eigenvalue weighted by Crippen LogP contribution is 2.38. The van der Waals surface area contributed by atoms with Crippen molar-refractivity contribution in [1.82, 2.24) is 15.5 Å². The summed E-state index contributed by atoms with van der Waals surface area (Å²) in [4.78, 5) is 17.5. The van der Waals surface area contributed by atoms with Gasteiger partial charge < -0.3 is 9.84 Å². The number of fused-ring (bicyclic) bond motifs is 1. The predicted molar refractivity (Wildman–Crippen MR) is 89.8 cm³/mol. The summed E-state index contributed by atoms with van der Waals surface area (Å²) in [5.74, 6) is 1.27. The van der Waals surface area contributed by atoms with Gasteiger partial charge >= 0.3 is 0 Å². The Kier molecular flexibility index (Phi) is 3.87. The van der Waals surface area contributed by atoms with Crippen LogP contribution in [0.2, 0.25) is 0 Å². The van der Waals surface area contributed by atoms with E-state index in [0.29, 0.717) is 18.1 Å². The number of nitrogens with one attached hydrogen (secondary N) is 1. The molecule has 4 rings (SSSR count). The Morgan fingerprint density at radius 1 is 1.25 bits per heavy atom. The number of benzene rings is 1. The number of aromatic nitrogens is 2. The van der Waals surface area contributed by atoms with Crippen LogP contribution >= 0.6 is 0 Å². The third kappa shape index (κ3) is 2.52. The van der Waals surface area contributed by atoms with Gasteiger partial charge in [0.05, 0.1) is 0 Å². The number of aryl methyl sites for hydroxylation is 2. The van der Waals surface area contributed by atoms with Gasteiger partial charge in [-0.2, -0.15) is 4.98 Å². The number of nitrogens with zero attached hydrogens (tertiary/aromatic N) is 2. The van der Waals surface area contributed by atoms with Crippen molar-refractivity contribution in [1.29, 1.82) is 0 Å². The van der Waals surface area contributed by atoms with Crippen LogP contribution in [-0.2, 0) is 24.8 Å². The van der Waals surface area contributed by atoms with E-state index in [1.165, 1.54) is 11.1 Å². The molecule has 1 aromatic carbocycles. The zero-order valence-corrected chi connectivity index (χ0v) is 14.1. The molecule has 1 saturated carbocycles. The van der Waals surface area contributed by atoms with Gasteiger partial charge in [0, 0.05) is 12.0 Å². The van der Waals surface area contributed by atoms with E-state index in [9.17, 15) is 4.79 Å². The fourth-order valence-corrected chi connectivity index (χ4v) is 4.09. The Labute approximate surface area is 141 Å². The van der Waals surface area contributed by atoms with Gasteiger partial charge in [0.1, 0.15) is 5.54 Å². The van der Waals surface area contributed by atoms with Gasteiger partial charge in [-0.1, -0.05) is 37.1 Å². The lowest BCUT2D eigenvalue weighted by Crippen LogP contribution is -2.45. The molecule has 2 aliphatic rings. The highest BCUT2D eigenvalue weighted by molar-refractivity contribution is 5.96. The summed E-state index contributed by atoms with van der Waals surface area (Å²) in [5.41, 5.74) is 2.87. The third-order valence-electron chi connectivity index (χ3n) is 5.40. The van der Waals surface area contributed by atoms with Crippen molar-refractivity contribution in [3.63, 3.8) is 0 Å². The van der Waals surface area contributed by atoms with Crippen LogP contribution in [0.25, 0.3) is 0 Å². The van der Waals surface area contributed by atoms with Crippen molar-refractivity contribution in [2.24, 2.45) is 0 Å². The monoisotopic (exact) mass is 325 g/mol. The van der Waals surface area contributed by atoms with Crippen LogP contribution in [0.15, 0.2) is 22.7 Å². The lowest BCUT2D eigenvalue weighted by Gasteiger charge is -2.27. The number of carbonyl (C=O) groups excluding carboxylic acids is 1. The largest absolute Gasteiger partial charge is 0.339 e. The summed E-state index contributed by atoms with van der Waals surface area (Å²) in [6.45, 7) is 1.99. The third-order valence-corrected chi connectivity index (χ3v) is 5.40. The van der Waals surface area contributed by atoms with Crippen LogP contribution in [0.1, 0.15) is 72.2 Å². The molecule has 0 spiro atoms. The molecular formula is C19H23N3O2. The summed E-state index contributed by atoms with van der Waals surface area (Å²) in [6, 6.07) is 6.07. The van der Waals surface area contributed by atoms with Crippen molar-refractivity contribution in [3.8, 4) is 0 Å². The molecule has 0 radical (unpaired) electrons. The number of carbonyl (C=O) groups is 1. The van der Waals surface area contributed by atoms with Gasteiger partial charge in [0.25, 0.3) is 5.91 Å². The number of hydrogen-bond donors (Lipinski definition) is 1. The zero-order chi connectivity index (χ0) is 16.6. The zero-order valence-electron chi connectivity index (χ0n) is 14.1. The summed E-state index contributed by atoms with van der Waals surface area (Å²) in [6.07, 6.45) is 7.80. The normalized spacial score (nSPS) is 18.5. The van der Waals surface area contributed by atoms with Crippen LogP contribution in [0, 0.1) is 0 Å². The molecule has 0 unspecified atom stereocenters. The highest BCUT2D eigenvalue weighted by atomic mass is 16.5. The maximum Gasteiger partial charge on any atom is 0.252 e. The van der Waals surface area contributed by atoms with Crippen LogP contribution in [0.5, 0.6) is 0 Å². The number of rotatable bonds is 4. The van der Waals surface area contributed by atoms with E-state index in [1.54, 1.807) is 0 Å². The summed E-state index contributed by atoms with van der Waals surface area (Å²) in [7, 11) is 0. The van der Waals surface area contributed by atoms with Gasteiger partial charge in [-0.15, -0.1) is 0 Å². The average Bonchev–Trinajstić information content (AvgIpc) is 3.34. The Bertz CT molecular complexity index is 760. The maximum absolute atomic E-state index is 13.0. The first-order valence-electron chi connectivity index (χ1n) is 8.98. The first-order chi connectivity index (χ1) is 11.7. The predicted octanol–water partition coefficient (Wildman–Crippen LogP) is 3.32. The van der Waals surface area contributed by atoms with Crippen molar-refractivity contribution in [2.45, 2.75) is 63.8 Å². The summed E-state index contributed by atoms with van der Waals surface area (Å²) < 4.78 is 5.30. The fourth-order valence-electron chi connectivity index (χ4n) is 4.09. The Hall–Kier alpha value is -2.17. The molecule has 2 aliphatic carbocycles. The molecule has 5 heteroatoms. The standard InChI is InChI=1S/C19H23N3O2/c1-2-16-20-18(22-24-16)19(11-3-4-12-19)21-17(23)15-10-6-8-13-7-5-9-14(13)15/h6,8,10H,2-5,7,9,11-12H2,1H3,(H,21,23). The van der Waals surface area contributed by atoms with E-state index < -0.39 is 5.54 Å².